The third-order valence-electron chi connectivity index (χ3n) is 3.77. The third kappa shape index (κ3) is 3.58. The highest BCUT2D eigenvalue weighted by atomic mass is 32.1. The number of benzene rings is 1. The second-order valence-electron chi connectivity index (χ2n) is 5.61. The molecule has 0 atom stereocenters. The number of hydrogen-bond donors (Lipinski definition) is 0. The Morgan fingerprint density at radius 3 is 2.76 bits per heavy atom. The number of Topliss-reactive ketones (excluding diaryl/α,β-unsaturated/α-hetero) is 1. The second-order valence-corrected chi connectivity index (χ2v) is 6.56. The van der Waals surface area contributed by atoms with E-state index in [4.69, 9.17) is 14.2 Å². The van der Waals surface area contributed by atoms with E-state index in [0.717, 1.165) is 16.0 Å². The van der Waals surface area contributed by atoms with Gasteiger partial charge in [-0.2, -0.15) is 0 Å². The molecule has 3 rings (SSSR count). The third-order valence-corrected chi connectivity index (χ3v) is 4.74. The van der Waals surface area contributed by atoms with E-state index >= 15 is 0 Å². The average Bonchev–Trinajstić information content (AvgIpc) is 3.10. The lowest BCUT2D eigenvalue weighted by Gasteiger charge is -2.08. The first kappa shape index (κ1) is 17.2. The molecule has 1 aliphatic rings. The van der Waals surface area contributed by atoms with Gasteiger partial charge in [0.25, 0.3) is 0 Å². The van der Waals surface area contributed by atoms with Gasteiger partial charge in [-0.25, -0.2) is 4.79 Å². The molecule has 0 fully saturated rings. The van der Waals surface area contributed by atoms with Crippen LogP contribution in [-0.2, 0) is 9.53 Å². The highest BCUT2D eigenvalue weighted by molar-refractivity contribution is 7.11. The molecule has 1 aromatic heterocycles. The van der Waals surface area contributed by atoms with Gasteiger partial charge in [0.2, 0.25) is 5.78 Å². The standard InChI is InChI=1S/C19H18O5S/c1-4-22-17(20)10-23-13-7-12(3)18-14(8-13)24-15(19(18)21)9-16-11(2)5-6-25-16/h5-9H,4,10H2,1-3H3/b15-9-. The van der Waals surface area contributed by atoms with E-state index in [0.29, 0.717) is 29.4 Å². The van der Waals surface area contributed by atoms with Crippen LogP contribution in [0.5, 0.6) is 11.5 Å². The fourth-order valence-electron chi connectivity index (χ4n) is 2.56. The van der Waals surface area contributed by atoms with Crippen molar-refractivity contribution in [3.05, 3.63) is 50.9 Å². The topological polar surface area (TPSA) is 61.8 Å². The van der Waals surface area contributed by atoms with Crippen LogP contribution in [0.1, 0.15) is 33.3 Å². The van der Waals surface area contributed by atoms with Gasteiger partial charge >= 0.3 is 5.97 Å². The Bertz CT molecular complexity index is 863. The minimum Gasteiger partial charge on any atom is -0.482 e. The fourth-order valence-corrected chi connectivity index (χ4v) is 3.40. The Hall–Kier alpha value is -2.60. The van der Waals surface area contributed by atoms with Crippen molar-refractivity contribution in [2.45, 2.75) is 20.8 Å². The van der Waals surface area contributed by atoms with Gasteiger partial charge in [-0.3, -0.25) is 4.79 Å². The van der Waals surface area contributed by atoms with E-state index in [9.17, 15) is 9.59 Å². The Morgan fingerprint density at radius 2 is 2.08 bits per heavy atom. The maximum atomic E-state index is 12.6. The van der Waals surface area contributed by atoms with Crippen LogP contribution in [0, 0.1) is 13.8 Å². The molecule has 2 aromatic rings. The predicted octanol–water partition coefficient (Wildman–Crippen LogP) is 3.92. The first-order valence-corrected chi connectivity index (χ1v) is 8.79. The second kappa shape index (κ2) is 7.11. The van der Waals surface area contributed by atoms with Crippen LogP contribution < -0.4 is 9.47 Å². The van der Waals surface area contributed by atoms with E-state index in [1.165, 1.54) is 0 Å². The monoisotopic (exact) mass is 358 g/mol. The highest BCUT2D eigenvalue weighted by Crippen LogP contribution is 2.38. The lowest BCUT2D eigenvalue weighted by Crippen LogP contribution is -2.14. The van der Waals surface area contributed by atoms with Crippen LogP contribution in [0.15, 0.2) is 29.3 Å². The van der Waals surface area contributed by atoms with Crippen molar-refractivity contribution in [2.24, 2.45) is 0 Å². The van der Waals surface area contributed by atoms with Crippen molar-refractivity contribution in [2.75, 3.05) is 13.2 Å². The number of carbonyl (C=O) groups excluding carboxylic acids is 2. The minimum atomic E-state index is -0.439. The van der Waals surface area contributed by atoms with Crippen LogP contribution in [-0.4, -0.2) is 25.0 Å². The average molecular weight is 358 g/mol. The Labute approximate surface area is 149 Å². The largest absolute Gasteiger partial charge is 0.482 e. The Kier molecular flexibility index (Phi) is 4.90. The number of rotatable bonds is 5. The summed E-state index contributed by atoms with van der Waals surface area (Å²) in [5, 5.41) is 1.97. The summed E-state index contributed by atoms with van der Waals surface area (Å²) in [6.07, 6.45) is 1.76. The Morgan fingerprint density at radius 1 is 1.28 bits per heavy atom. The van der Waals surface area contributed by atoms with Gasteiger partial charge in [-0.15, -0.1) is 11.3 Å². The number of ketones is 1. The van der Waals surface area contributed by atoms with Crippen LogP contribution >= 0.6 is 11.3 Å². The fraction of sp³-hybridized carbons (Fsp3) is 0.263. The maximum Gasteiger partial charge on any atom is 0.344 e. The molecular weight excluding hydrogens is 340 g/mol. The summed E-state index contributed by atoms with van der Waals surface area (Å²) in [7, 11) is 0. The minimum absolute atomic E-state index is 0.141. The van der Waals surface area contributed by atoms with Crippen LogP contribution in [0.3, 0.4) is 0 Å². The lowest BCUT2D eigenvalue weighted by molar-refractivity contribution is -0.145. The summed E-state index contributed by atoms with van der Waals surface area (Å²) < 4.78 is 16.0. The van der Waals surface area contributed by atoms with E-state index in [1.54, 1.807) is 36.5 Å². The molecule has 0 bridgehead atoms. The predicted molar refractivity (Wildman–Crippen MR) is 95.3 cm³/mol. The molecule has 0 radical (unpaired) electrons. The summed E-state index contributed by atoms with van der Waals surface area (Å²) in [6, 6.07) is 5.34. The lowest BCUT2D eigenvalue weighted by atomic mass is 10.0. The molecule has 5 nitrogen and oxygen atoms in total. The number of esters is 1. The molecule has 1 aromatic carbocycles. The van der Waals surface area contributed by atoms with E-state index in [-0.39, 0.29) is 12.4 Å². The van der Waals surface area contributed by atoms with Gasteiger partial charge in [0.15, 0.2) is 12.4 Å². The van der Waals surface area contributed by atoms with Crippen molar-refractivity contribution in [1.82, 2.24) is 0 Å². The number of ether oxygens (including phenoxy) is 3. The van der Waals surface area contributed by atoms with Gasteiger partial charge in [0.1, 0.15) is 11.5 Å². The van der Waals surface area contributed by atoms with Gasteiger partial charge in [-0.1, -0.05) is 0 Å². The zero-order valence-electron chi connectivity index (χ0n) is 14.3. The molecule has 0 saturated carbocycles. The van der Waals surface area contributed by atoms with E-state index in [2.05, 4.69) is 0 Å². The van der Waals surface area contributed by atoms with Crippen LogP contribution in [0.4, 0.5) is 0 Å². The van der Waals surface area contributed by atoms with Crippen molar-refractivity contribution in [1.29, 1.82) is 0 Å². The smallest absolute Gasteiger partial charge is 0.344 e. The number of aryl methyl sites for hydroxylation is 2. The molecule has 2 heterocycles. The first-order chi connectivity index (χ1) is 12.0. The number of allylic oxidation sites excluding steroid dienone is 1. The van der Waals surface area contributed by atoms with Gasteiger partial charge in [0.05, 0.1) is 12.2 Å². The molecule has 0 spiro atoms. The quantitative estimate of drug-likeness (QED) is 0.599. The van der Waals surface area contributed by atoms with Crippen molar-refractivity contribution < 1.29 is 23.8 Å². The molecule has 0 N–H and O–H groups in total. The van der Waals surface area contributed by atoms with Gasteiger partial charge in [-0.05, 0) is 49.4 Å². The summed E-state index contributed by atoms with van der Waals surface area (Å²) >= 11 is 1.56. The SMILES string of the molecule is CCOC(=O)COc1cc(C)c2c(c1)O/C(=C\c1sccc1C)C2=O. The van der Waals surface area contributed by atoms with Gasteiger partial charge < -0.3 is 14.2 Å². The highest BCUT2D eigenvalue weighted by Gasteiger charge is 2.30. The summed E-state index contributed by atoms with van der Waals surface area (Å²) in [4.78, 5) is 25.0. The molecule has 0 saturated heterocycles. The molecular formula is C19H18O5S. The molecule has 6 heteroatoms. The molecule has 0 amide bonds. The number of thiophene rings is 1. The van der Waals surface area contributed by atoms with Crippen molar-refractivity contribution >= 4 is 29.2 Å². The number of fused-ring (bicyclic) bond motifs is 1. The molecule has 130 valence electrons. The van der Waals surface area contributed by atoms with Crippen molar-refractivity contribution in [3.8, 4) is 11.5 Å². The maximum absolute atomic E-state index is 12.6. The molecule has 25 heavy (non-hydrogen) atoms. The first-order valence-electron chi connectivity index (χ1n) is 7.91. The zero-order valence-corrected chi connectivity index (χ0v) is 15.1. The van der Waals surface area contributed by atoms with E-state index < -0.39 is 5.97 Å². The summed E-state index contributed by atoms with van der Waals surface area (Å²) in [5.41, 5.74) is 2.37. The number of hydrogen-bond acceptors (Lipinski definition) is 6. The zero-order chi connectivity index (χ0) is 18.0. The van der Waals surface area contributed by atoms with E-state index in [1.807, 2.05) is 25.3 Å². The van der Waals surface area contributed by atoms with Crippen LogP contribution in [0.2, 0.25) is 0 Å². The van der Waals surface area contributed by atoms with Gasteiger partial charge in [0, 0.05) is 17.0 Å². The normalized spacial score (nSPS) is 14.4. The van der Waals surface area contributed by atoms with Crippen LogP contribution in [0.25, 0.3) is 6.08 Å². The molecule has 0 aliphatic carbocycles. The summed E-state index contributed by atoms with van der Waals surface area (Å²) in [6.45, 7) is 5.66. The number of carbonyl (C=O) groups is 2. The Balaban J connectivity index is 1.83. The summed E-state index contributed by atoms with van der Waals surface area (Å²) in [5.74, 6) is 0.629. The molecule has 0 unspecified atom stereocenters. The van der Waals surface area contributed by atoms with Crippen molar-refractivity contribution in [3.63, 3.8) is 0 Å². The molecule has 1 aliphatic heterocycles.